The Balaban J connectivity index is 2.53. The van der Waals surface area contributed by atoms with E-state index in [2.05, 4.69) is 10.0 Å². The van der Waals surface area contributed by atoms with Crippen LogP contribution in [0.5, 0.6) is 0 Å². The highest BCUT2D eigenvalue weighted by atomic mass is 32.2. The maximum atomic E-state index is 12.2. The Morgan fingerprint density at radius 1 is 1.25 bits per heavy atom. The molecule has 20 heavy (non-hydrogen) atoms. The van der Waals surface area contributed by atoms with Crippen molar-refractivity contribution in [3.05, 3.63) is 0 Å². The van der Waals surface area contributed by atoms with Crippen molar-refractivity contribution >= 4 is 15.9 Å². The van der Waals surface area contributed by atoms with E-state index in [1.807, 2.05) is 0 Å². The maximum Gasteiger partial charge on any atom is 0.224 e. The lowest BCUT2D eigenvalue weighted by molar-refractivity contribution is -0.126. The number of hydrogen-bond donors (Lipinski definition) is 3. The molecule has 1 rings (SSSR count). The van der Waals surface area contributed by atoms with E-state index in [4.69, 9.17) is 5.73 Å². The Hall–Kier alpha value is -0.660. The van der Waals surface area contributed by atoms with Crippen LogP contribution in [-0.4, -0.2) is 38.7 Å². The van der Waals surface area contributed by atoms with Crippen molar-refractivity contribution in [3.63, 3.8) is 0 Å². The second-order valence-corrected chi connectivity index (χ2v) is 8.13. The third-order valence-corrected chi connectivity index (χ3v) is 4.50. The van der Waals surface area contributed by atoms with Gasteiger partial charge in [-0.1, -0.05) is 19.3 Å². The van der Waals surface area contributed by atoms with Gasteiger partial charge in [0, 0.05) is 18.1 Å². The van der Waals surface area contributed by atoms with Crippen molar-refractivity contribution < 1.29 is 13.2 Å². The Labute approximate surface area is 121 Å². The molecule has 0 saturated heterocycles. The zero-order valence-corrected chi connectivity index (χ0v) is 13.4. The molecule has 6 nitrogen and oxygen atoms in total. The van der Waals surface area contributed by atoms with Gasteiger partial charge < -0.3 is 11.1 Å². The Kier molecular flexibility index (Phi) is 5.97. The standard InChI is InChI=1S/C13H27N3O3S/c1-13(2,16-20(3,18)19)9-15-12(17)10-7-5-4-6-8-11(10)14/h10-11,16H,4-9,14H2,1-3H3,(H,15,17). The van der Waals surface area contributed by atoms with Crippen molar-refractivity contribution in [2.75, 3.05) is 12.8 Å². The first-order valence-electron chi connectivity index (χ1n) is 7.13. The van der Waals surface area contributed by atoms with Crippen LogP contribution in [0.25, 0.3) is 0 Å². The number of rotatable bonds is 5. The summed E-state index contributed by atoms with van der Waals surface area (Å²) in [5.74, 6) is -0.227. The summed E-state index contributed by atoms with van der Waals surface area (Å²) in [6, 6.07) is -0.0940. The van der Waals surface area contributed by atoms with Gasteiger partial charge in [-0.3, -0.25) is 4.79 Å². The molecule has 2 unspecified atom stereocenters. The predicted molar refractivity (Wildman–Crippen MR) is 79.6 cm³/mol. The summed E-state index contributed by atoms with van der Waals surface area (Å²) in [5.41, 5.74) is 5.34. The molecule has 0 heterocycles. The Morgan fingerprint density at radius 3 is 2.45 bits per heavy atom. The zero-order valence-electron chi connectivity index (χ0n) is 12.6. The van der Waals surface area contributed by atoms with Gasteiger partial charge in [0.2, 0.25) is 15.9 Å². The largest absolute Gasteiger partial charge is 0.354 e. The molecule has 0 aromatic heterocycles. The first kappa shape index (κ1) is 17.4. The predicted octanol–water partition coefficient (Wildman–Crippen LogP) is 0.338. The third-order valence-electron chi connectivity index (χ3n) is 3.57. The number of hydrogen-bond acceptors (Lipinski definition) is 4. The number of carbonyl (C=O) groups is 1. The molecule has 7 heteroatoms. The van der Waals surface area contributed by atoms with Gasteiger partial charge in [-0.05, 0) is 26.7 Å². The highest BCUT2D eigenvalue weighted by Gasteiger charge is 2.29. The first-order valence-corrected chi connectivity index (χ1v) is 9.02. The second-order valence-electron chi connectivity index (χ2n) is 6.38. The van der Waals surface area contributed by atoms with Crippen molar-refractivity contribution in [3.8, 4) is 0 Å². The zero-order chi connectivity index (χ0) is 15.4. The van der Waals surface area contributed by atoms with Crippen molar-refractivity contribution in [2.24, 2.45) is 11.7 Å². The third kappa shape index (κ3) is 6.19. The minimum absolute atomic E-state index is 0.0669. The topological polar surface area (TPSA) is 101 Å². The SMILES string of the molecule is CC(C)(CNC(=O)C1CCCCCC1N)NS(C)(=O)=O. The Morgan fingerprint density at radius 2 is 1.85 bits per heavy atom. The van der Waals surface area contributed by atoms with Crippen molar-refractivity contribution in [1.29, 1.82) is 0 Å². The lowest BCUT2D eigenvalue weighted by atomic mass is 9.94. The normalized spacial score (nSPS) is 25.0. The molecule has 1 amide bonds. The number of amides is 1. The van der Waals surface area contributed by atoms with Crippen LogP contribution in [0, 0.1) is 5.92 Å². The summed E-state index contributed by atoms with van der Waals surface area (Å²) in [5, 5.41) is 2.83. The van der Waals surface area contributed by atoms with Gasteiger partial charge in [-0.15, -0.1) is 0 Å². The molecular weight excluding hydrogens is 278 g/mol. The summed E-state index contributed by atoms with van der Waals surface area (Å²) in [6.45, 7) is 3.73. The van der Waals surface area contributed by atoms with E-state index < -0.39 is 15.6 Å². The van der Waals surface area contributed by atoms with Crippen LogP contribution >= 0.6 is 0 Å². The van der Waals surface area contributed by atoms with E-state index in [0.717, 1.165) is 38.4 Å². The fourth-order valence-corrected chi connectivity index (χ4v) is 3.71. The van der Waals surface area contributed by atoms with Crippen LogP contribution in [0.3, 0.4) is 0 Å². The van der Waals surface area contributed by atoms with Gasteiger partial charge in [-0.2, -0.15) is 0 Å². The van der Waals surface area contributed by atoms with Gasteiger partial charge in [0.05, 0.1) is 12.2 Å². The highest BCUT2D eigenvalue weighted by Crippen LogP contribution is 2.22. The fraction of sp³-hybridized carbons (Fsp3) is 0.923. The van der Waals surface area contributed by atoms with Crippen LogP contribution < -0.4 is 15.8 Å². The molecule has 0 aromatic rings. The van der Waals surface area contributed by atoms with E-state index in [1.165, 1.54) is 0 Å². The first-order chi connectivity index (χ1) is 9.11. The molecule has 1 aliphatic carbocycles. The summed E-state index contributed by atoms with van der Waals surface area (Å²) < 4.78 is 25.0. The van der Waals surface area contributed by atoms with Gasteiger partial charge >= 0.3 is 0 Å². The van der Waals surface area contributed by atoms with E-state index >= 15 is 0 Å². The average Bonchev–Trinajstić information content (AvgIpc) is 2.48. The Bertz CT molecular complexity index is 434. The van der Waals surface area contributed by atoms with Crippen LogP contribution in [0.15, 0.2) is 0 Å². The minimum atomic E-state index is -3.30. The molecule has 0 aromatic carbocycles. The summed E-state index contributed by atoms with van der Waals surface area (Å²) >= 11 is 0. The number of carbonyl (C=O) groups excluding carboxylic acids is 1. The van der Waals surface area contributed by atoms with Crippen LogP contribution in [0.4, 0.5) is 0 Å². The molecule has 118 valence electrons. The summed E-state index contributed by atoms with van der Waals surface area (Å²) in [6.07, 6.45) is 6.02. The van der Waals surface area contributed by atoms with Gasteiger partial charge in [0.25, 0.3) is 0 Å². The summed E-state index contributed by atoms with van der Waals surface area (Å²) in [7, 11) is -3.30. The van der Waals surface area contributed by atoms with Gasteiger partial charge in [0.15, 0.2) is 0 Å². The lowest BCUT2D eigenvalue weighted by Gasteiger charge is -2.27. The number of nitrogens with two attached hydrogens (primary N) is 1. The highest BCUT2D eigenvalue weighted by molar-refractivity contribution is 7.88. The molecule has 2 atom stereocenters. The van der Waals surface area contributed by atoms with Crippen LogP contribution in [0.1, 0.15) is 46.0 Å². The fourth-order valence-electron chi connectivity index (χ4n) is 2.64. The monoisotopic (exact) mass is 305 g/mol. The molecule has 4 N–H and O–H groups in total. The van der Waals surface area contributed by atoms with Crippen molar-refractivity contribution in [2.45, 2.75) is 57.5 Å². The van der Waals surface area contributed by atoms with Gasteiger partial charge in [-0.25, -0.2) is 13.1 Å². The maximum absolute atomic E-state index is 12.2. The van der Waals surface area contributed by atoms with Gasteiger partial charge in [0.1, 0.15) is 0 Å². The molecule has 1 aliphatic rings. The second kappa shape index (κ2) is 6.87. The molecular formula is C13H27N3O3S. The lowest BCUT2D eigenvalue weighted by Crippen LogP contribution is -2.53. The van der Waals surface area contributed by atoms with E-state index in [9.17, 15) is 13.2 Å². The van der Waals surface area contributed by atoms with E-state index in [1.54, 1.807) is 13.8 Å². The van der Waals surface area contributed by atoms with E-state index in [0.29, 0.717) is 0 Å². The molecule has 0 bridgehead atoms. The molecule has 0 aliphatic heterocycles. The molecule has 0 radical (unpaired) electrons. The molecule has 1 fully saturated rings. The van der Waals surface area contributed by atoms with Crippen molar-refractivity contribution in [1.82, 2.24) is 10.0 Å². The smallest absolute Gasteiger partial charge is 0.224 e. The molecule has 0 spiro atoms. The molecule has 1 saturated carbocycles. The summed E-state index contributed by atoms with van der Waals surface area (Å²) in [4.78, 5) is 12.2. The average molecular weight is 305 g/mol. The van der Waals surface area contributed by atoms with Crippen LogP contribution in [-0.2, 0) is 14.8 Å². The quantitative estimate of drug-likeness (QED) is 0.637. The van der Waals surface area contributed by atoms with Crippen LogP contribution in [0.2, 0.25) is 0 Å². The minimum Gasteiger partial charge on any atom is -0.354 e. The number of nitrogens with one attached hydrogen (secondary N) is 2. The van der Waals surface area contributed by atoms with E-state index in [-0.39, 0.29) is 24.4 Å². The number of sulfonamides is 1.